The van der Waals surface area contributed by atoms with Crippen molar-refractivity contribution in [2.75, 3.05) is 18.9 Å². The zero-order chi connectivity index (χ0) is 14.5. The lowest BCUT2D eigenvalue weighted by Gasteiger charge is -2.12. The minimum absolute atomic E-state index is 0.0306. The van der Waals surface area contributed by atoms with Gasteiger partial charge in [0.05, 0.1) is 11.0 Å². The molecule has 0 aliphatic carbocycles. The van der Waals surface area contributed by atoms with Crippen molar-refractivity contribution < 1.29 is 13.2 Å². The van der Waals surface area contributed by atoms with Crippen LogP contribution in [-0.4, -0.2) is 32.6 Å². The molecule has 4 nitrogen and oxygen atoms in total. The lowest BCUT2D eigenvalue weighted by molar-refractivity contribution is 0.337. The molecular formula is C13H20BrNO3S. The van der Waals surface area contributed by atoms with E-state index in [-0.39, 0.29) is 17.6 Å². The third kappa shape index (κ3) is 5.12. The molecule has 0 aliphatic heterocycles. The Hall–Kier alpha value is -0.590. The molecule has 0 saturated carbocycles. The van der Waals surface area contributed by atoms with E-state index in [9.17, 15) is 8.42 Å². The second-order valence-corrected chi connectivity index (χ2v) is 8.15. The molecule has 0 aliphatic rings. The van der Waals surface area contributed by atoms with Gasteiger partial charge in [0.15, 0.2) is 9.84 Å². The van der Waals surface area contributed by atoms with Gasteiger partial charge < -0.3 is 10.5 Å². The molecule has 19 heavy (non-hydrogen) atoms. The van der Waals surface area contributed by atoms with Crippen LogP contribution in [0.25, 0.3) is 0 Å². The first-order chi connectivity index (χ1) is 8.86. The maximum absolute atomic E-state index is 11.7. The standard InChI is InChI=1S/C13H20BrNO3S/c1-10(2)19(16,17)8-7-18-13-4-3-12(14)9-11(13)5-6-15/h3-4,9-10H,5-8,15H2,1-2H3. The quantitative estimate of drug-likeness (QED) is 0.818. The first-order valence-corrected chi connectivity index (χ1v) is 8.70. The summed E-state index contributed by atoms with van der Waals surface area (Å²) in [7, 11) is -3.06. The number of hydrogen-bond acceptors (Lipinski definition) is 4. The fourth-order valence-electron chi connectivity index (χ4n) is 1.54. The van der Waals surface area contributed by atoms with Crippen molar-refractivity contribution in [3.8, 4) is 5.75 Å². The lowest BCUT2D eigenvalue weighted by Crippen LogP contribution is -2.22. The Morgan fingerprint density at radius 2 is 2.05 bits per heavy atom. The van der Waals surface area contributed by atoms with Gasteiger partial charge in [-0.1, -0.05) is 15.9 Å². The van der Waals surface area contributed by atoms with Crippen LogP contribution in [0.3, 0.4) is 0 Å². The van der Waals surface area contributed by atoms with E-state index in [4.69, 9.17) is 10.5 Å². The van der Waals surface area contributed by atoms with Gasteiger partial charge in [-0.15, -0.1) is 0 Å². The summed E-state index contributed by atoms with van der Waals surface area (Å²) in [5, 5.41) is -0.371. The highest BCUT2D eigenvalue weighted by Crippen LogP contribution is 2.23. The molecule has 0 bridgehead atoms. The monoisotopic (exact) mass is 349 g/mol. The molecule has 0 atom stereocenters. The van der Waals surface area contributed by atoms with Crippen molar-refractivity contribution in [1.82, 2.24) is 0 Å². The molecule has 0 spiro atoms. The topological polar surface area (TPSA) is 69.4 Å². The molecule has 1 aromatic rings. The Labute approximate surface area is 123 Å². The van der Waals surface area contributed by atoms with Crippen LogP contribution in [0.2, 0.25) is 0 Å². The molecule has 1 rings (SSSR count). The number of nitrogens with two attached hydrogens (primary N) is 1. The Morgan fingerprint density at radius 1 is 1.37 bits per heavy atom. The molecule has 0 radical (unpaired) electrons. The van der Waals surface area contributed by atoms with Crippen molar-refractivity contribution in [3.05, 3.63) is 28.2 Å². The van der Waals surface area contributed by atoms with Gasteiger partial charge in [-0.2, -0.15) is 0 Å². The first-order valence-electron chi connectivity index (χ1n) is 6.19. The molecule has 0 heterocycles. The number of benzene rings is 1. The molecule has 0 aromatic heterocycles. The summed E-state index contributed by atoms with van der Waals surface area (Å²) in [4.78, 5) is 0. The summed E-state index contributed by atoms with van der Waals surface area (Å²) in [6.07, 6.45) is 0.700. The van der Waals surface area contributed by atoms with Gasteiger partial charge in [-0.05, 0) is 50.6 Å². The molecule has 0 fully saturated rings. The Balaban J connectivity index is 2.68. The van der Waals surface area contributed by atoms with Crippen LogP contribution < -0.4 is 10.5 Å². The normalized spacial score (nSPS) is 11.8. The van der Waals surface area contributed by atoms with Gasteiger partial charge in [-0.25, -0.2) is 8.42 Å². The number of ether oxygens (including phenoxy) is 1. The lowest BCUT2D eigenvalue weighted by atomic mass is 10.1. The molecule has 6 heteroatoms. The summed E-state index contributed by atoms with van der Waals surface area (Å²) in [5.41, 5.74) is 6.54. The van der Waals surface area contributed by atoms with Crippen molar-refractivity contribution in [3.63, 3.8) is 0 Å². The zero-order valence-corrected chi connectivity index (χ0v) is 13.6. The van der Waals surface area contributed by atoms with E-state index < -0.39 is 9.84 Å². The first kappa shape index (κ1) is 16.5. The molecule has 0 amide bonds. The largest absolute Gasteiger partial charge is 0.492 e. The summed E-state index contributed by atoms with van der Waals surface area (Å²) in [6.45, 7) is 4.04. The van der Waals surface area contributed by atoms with E-state index in [0.29, 0.717) is 18.7 Å². The van der Waals surface area contributed by atoms with E-state index in [1.165, 1.54) is 0 Å². The average molecular weight is 350 g/mol. The van der Waals surface area contributed by atoms with Crippen LogP contribution in [-0.2, 0) is 16.3 Å². The SMILES string of the molecule is CC(C)S(=O)(=O)CCOc1ccc(Br)cc1CCN. The van der Waals surface area contributed by atoms with Gasteiger partial charge in [0.1, 0.15) is 12.4 Å². The Bertz CT molecular complexity index is 515. The highest BCUT2D eigenvalue weighted by Gasteiger charge is 2.16. The number of sulfone groups is 1. The average Bonchev–Trinajstić information content (AvgIpc) is 2.32. The second-order valence-electron chi connectivity index (χ2n) is 4.55. The number of rotatable bonds is 7. The molecule has 1 aromatic carbocycles. The maximum atomic E-state index is 11.7. The van der Waals surface area contributed by atoms with Gasteiger partial charge in [0, 0.05) is 4.47 Å². The molecule has 0 unspecified atom stereocenters. The minimum atomic E-state index is -3.06. The van der Waals surface area contributed by atoms with Crippen LogP contribution >= 0.6 is 15.9 Å². The predicted octanol–water partition coefficient (Wildman–Crippen LogP) is 2.15. The van der Waals surface area contributed by atoms with Gasteiger partial charge in [0.25, 0.3) is 0 Å². The van der Waals surface area contributed by atoms with Crippen LogP contribution in [0.1, 0.15) is 19.4 Å². The Kier molecular flexibility index (Phi) is 6.29. The highest BCUT2D eigenvalue weighted by molar-refractivity contribution is 9.10. The van der Waals surface area contributed by atoms with Crippen molar-refractivity contribution in [2.24, 2.45) is 5.73 Å². The Morgan fingerprint density at radius 3 is 2.63 bits per heavy atom. The number of hydrogen-bond donors (Lipinski definition) is 1. The summed E-state index contributed by atoms with van der Waals surface area (Å²) < 4.78 is 29.9. The second kappa shape index (κ2) is 7.26. The number of halogens is 1. The van der Waals surface area contributed by atoms with Gasteiger partial charge >= 0.3 is 0 Å². The fraction of sp³-hybridized carbons (Fsp3) is 0.538. The third-order valence-electron chi connectivity index (χ3n) is 2.78. The smallest absolute Gasteiger partial charge is 0.155 e. The van der Waals surface area contributed by atoms with Gasteiger partial charge in [0.2, 0.25) is 0 Å². The fourth-order valence-corrected chi connectivity index (χ4v) is 2.74. The van der Waals surface area contributed by atoms with Crippen LogP contribution in [0.5, 0.6) is 5.75 Å². The van der Waals surface area contributed by atoms with E-state index in [2.05, 4.69) is 15.9 Å². The summed E-state index contributed by atoms with van der Waals surface area (Å²) in [5.74, 6) is 0.732. The molecule has 108 valence electrons. The maximum Gasteiger partial charge on any atom is 0.155 e. The highest BCUT2D eigenvalue weighted by atomic mass is 79.9. The molecule has 0 saturated heterocycles. The summed E-state index contributed by atoms with van der Waals surface area (Å²) >= 11 is 3.39. The van der Waals surface area contributed by atoms with Crippen LogP contribution in [0.15, 0.2) is 22.7 Å². The van der Waals surface area contributed by atoms with E-state index >= 15 is 0 Å². The molecule has 2 N–H and O–H groups in total. The van der Waals surface area contributed by atoms with Gasteiger partial charge in [-0.3, -0.25) is 0 Å². The van der Waals surface area contributed by atoms with E-state index in [1.54, 1.807) is 13.8 Å². The summed E-state index contributed by atoms with van der Waals surface area (Å²) in [6, 6.07) is 5.64. The van der Waals surface area contributed by atoms with Crippen molar-refractivity contribution >= 4 is 25.8 Å². The zero-order valence-electron chi connectivity index (χ0n) is 11.2. The van der Waals surface area contributed by atoms with E-state index in [0.717, 1.165) is 10.0 Å². The minimum Gasteiger partial charge on any atom is -0.492 e. The van der Waals surface area contributed by atoms with Crippen LogP contribution in [0.4, 0.5) is 0 Å². The van der Waals surface area contributed by atoms with Crippen LogP contribution in [0, 0.1) is 0 Å². The molecular weight excluding hydrogens is 330 g/mol. The third-order valence-corrected chi connectivity index (χ3v) is 5.45. The van der Waals surface area contributed by atoms with Crippen molar-refractivity contribution in [2.45, 2.75) is 25.5 Å². The van der Waals surface area contributed by atoms with Crippen molar-refractivity contribution in [1.29, 1.82) is 0 Å². The predicted molar refractivity (Wildman–Crippen MR) is 81.3 cm³/mol. The van der Waals surface area contributed by atoms with E-state index in [1.807, 2.05) is 18.2 Å².